The van der Waals surface area contributed by atoms with Gasteiger partial charge in [-0.05, 0) is 42.3 Å². The highest BCUT2D eigenvalue weighted by molar-refractivity contribution is 5.90. The first kappa shape index (κ1) is 17.5. The van der Waals surface area contributed by atoms with Gasteiger partial charge in [0.05, 0.1) is 25.4 Å². The predicted octanol–water partition coefficient (Wildman–Crippen LogP) is 3.43. The van der Waals surface area contributed by atoms with Crippen molar-refractivity contribution in [2.45, 2.75) is 12.5 Å². The van der Waals surface area contributed by atoms with Crippen LogP contribution in [0.5, 0.6) is 5.75 Å². The Kier molecular flexibility index (Phi) is 5.02. The Morgan fingerprint density at radius 3 is 2.85 bits per heavy atom. The van der Waals surface area contributed by atoms with Crippen molar-refractivity contribution in [2.75, 3.05) is 31.3 Å². The van der Waals surface area contributed by atoms with Gasteiger partial charge in [0.1, 0.15) is 18.2 Å². The van der Waals surface area contributed by atoms with Crippen molar-refractivity contribution in [3.05, 3.63) is 60.2 Å². The molecule has 2 aromatic rings. The zero-order chi connectivity index (χ0) is 18.6. The lowest BCUT2D eigenvalue weighted by atomic mass is 10.0. The highest BCUT2D eigenvalue weighted by Crippen LogP contribution is 2.29. The number of amides is 1. The normalized spacial score (nSPS) is 19.6. The van der Waals surface area contributed by atoms with E-state index in [4.69, 9.17) is 14.2 Å². The second-order valence-electron chi connectivity index (χ2n) is 6.33. The Morgan fingerprint density at radius 2 is 2.11 bits per heavy atom. The topological polar surface area (TPSA) is 60.9 Å². The number of ether oxygens (including phenoxy) is 3. The van der Waals surface area contributed by atoms with Crippen molar-refractivity contribution in [1.82, 2.24) is 4.98 Å². The molecule has 1 amide bonds. The summed E-state index contributed by atoms with van der Waals surface area (Å²) in [7, 11) is 0. The molecule has 1 atom stereocenters. The van der Waals surface area contributed by atoms with Gasteiger partial charge in [0.15, 0.2) is 6.10 Å². The fourth-order valence-corrected chi connectivity index (χ4v) is 3.15. The molecule has 4 rings (SSSR count). The maximum atomic E-state index is 14.6. The number of nitrogens with zero attached hydrogens (tertiary/aromatic N) is 2. The van der Waals surface area contributed by atoms with Crippen LogP contribution in [0.25, 0.3) is 5.57 Å². The summed E-state index contributed by atoms with van der Waals surface area (Å²) in [6, 6.07) is 8.28. The van der Waals surface area contributed by atoms with Gasteiger partial charge in [-0.25, -0.2) is 9.18 Å². The van der Waals surface area contributed by atoms with Crippen molar-refractivity contribution >= 4 is 17.4 Å². The van der Waals surface area contributed by atoms with E-state index < -0.39 is 12.2 Å². The molecule has 1 fully saturated rings. The SMILES string of the molecule is O=C1O[C@@H](COc2ccncc2)CN1c1ccc(C2=CCOCC2)c(F)c1. The van der Waals surface area contributed by atoms with Crippen LogP contribution in [0.1, 0.15) is 12.0 Å². The minimum Gasteiger partial charge on any atom is -0.490 e. The number of carbonyl (C=O) groups is 1. The lowest BCUT2D eigenvalue weighted by molar-refractivity contribution is 0.105. The Bertz CT molecular complexity index is 856. The third kappa shape index (κ3) is 3.93. The first-order valence-electron chi connectivity index (χ1n) is 8.78. The molecule has 3 heterocycles. The average Bonchev–Trinajstić information content (AvgIpc) is 3.08. The number of benzene rings is 1. The quantitative estimate of drug-likeness (QED) is 0.807. The summed E-state index contributed by atoms with van der Waals surface area (Å²) in [5.74, 6) is 0.296. The molecule has 0 radical (unpaired) electrons. The number of carbonyl (C=O) groups excluding carboxylic acids is 1. The van der Waals surface area contributed by atoms with Crippen molar-refractivity contribution in [3.63, 3.8) is 0 Å². The number of aromatic nitrogens is 1. The maximum Gasteiger partial charge on any atom is 0.414 e. The van der Waals surface area contributed by atoms with E-state index in [1.807, 2.05) is 6.08 Å². The van der Waals surface area contributed by atoms with Crippen LogP contribution in [0, 0.1) is 5.82 Å². The molecule has 1 aromatic heterocycles. The van der Waals surface area contributed by atoms with Crippen LogP contribution in [0.2, 0.25) is 0 Å². The van der Waals surface area contributed by atoms with Gasteiger partial charge in [0.25, 0.3) is 0 Å². The molecule has 1 aromatic carbocycles. The number of halogens is 1. The smallest absolute Gasteiger partial charge is 0.414 e. The van der Waals surface area contributed by atoms with Crippen molar-refractivity contribution in [1.29, 1.82) is 0 Å². The number of hydrogen-bond acceptors (Lipinski definition) is 5. The zero-order valence-electron chi connectivity index (χ0n) is 14.6. The number of rotatable bonds is 5. The molecule has 27 heavy (non-hydrogen) atoms. The van der Waals surface area contributed by atoms with Gasteiger partial charge in [0, 0.05) is 18.0 Å². The largest absolute Gasteiger partial charge is 0.490 e. The molecule has 0 N–H and O–H groups in total. The van der Waals surface area contributed by atoms with Crippen LogP contribution in [0.3, 0.4) is 0 Å². The monoisotopic (exact) mass is 370 g/mol. The predicted molar refractivity (Wildman–Crippen MR) is 97.2 cm³/mol. The molecule has 2 aliphatic rings. The van der Waals surface area contributed by atoms with E-state index >= 15 is 0 Å². The summed E-state index contributed by atoms with van der Waals surface area (Å²) in [6.45, 7) is 1.61. The van der Waals surface area contributed by atoms with Crippen LogP contribution < -0.4 is 9.64 Å². The van der Waals surface area contributed by atoms with Gasteiger partial charge in [-0.2, -0.15) is 0 Å². The first-order chi connectivity index (χ1) is 13.2. The lowest BCUT2D eigenvalue weighted by Gasteiger charge is -2.17. The molecule has 0 bridgehead atoms. The second-order valence-corrected chi connectivity index (χ2v) is 6.33. The Balaban J connectivity index is 1.43. The molecule has 7 heteroatoms. The maximum absolute atomic E-state index is 14.6. The van der Waals surface area contributed by atoms with E-state index in [1.165, 1.54) is 11.0 Å². The highest BCUT2D eigenvalue weighted by atomic mass is 19.1. The number of hydrogen-bond donors (Lipinski definition) is 0. The van der Waals surface area contributed by atoms with Crippen LogP contribution in [-0.4, -0.2) is 43.5 Å². The van der Waals surface area contributed by atoms with Crippen LogP contribution in [-0.2, 0) is 9.47 Å². The lowest BCUT2D eigenvalue weighted by Crippen LogP contribution is -2.26. The van der Waals surface area contributed by atoms with Crippen molar-refractivity contribution < 1.29 is 23.4 Å². The van der Waals surface area contributed by atoms with Crippen LogP contribution in [0.4, 0.5) is 14.9 Å². The average molecular weight is 370 g/mol. The van der Waals surface area contributed by atoms with Crippen LogP contribution in [0.15, 0.2) is 48.8 Å². The van der Waals surface area contributed by atoms with E-state index in [0.717, 1.165) is 5.57 Å². The van der Waals surface area contributed by atoms with Crippen LogP contribution >= 0.6 is 0 Å². The van der Waals surface area contributed by atoms with E-state index in [9.17, 15) is 9.18 Å². The fourth-order valence-electron chi connectivity index (χ4n) is 3.15. The minimum atomic E-state index is -0.504. The van der Waals surface area contributed by atoms with Gasteiger partial charge in [-0.3, -0.25) is 9.88 Å². The second kappa shape index (κ2) is 7.75. The molecular formula is C20H19FN2O4. The van der Waals surface area contributed by atoms with Crippen molar-refractivity contribution in [3.8, 4) is 5.75 Å². The van der Waals surface area contributed by atoms with Gasteiger partial charge < -0.3 is 14.2 Å². The van der Waals surface area contributed by atoms with Crippen molar-refractivity contribution in [2.24, 2.45) is 0 Å². The summed E-state index contributed by atoms with van der Waals surface area (Å²) in [4.78, 5) is 17.5. The Hall–Kier alpha value is -2.93. The van der Waals surface area contributed by atoms with Gasteiger partial charge in [-0.15, -0.1) is 0 Å². The first-order valence-corrected chi connectivity index (χ1v) is 8.78. The molecular weight excluding hydrogens is 351 g/mol. The molecule has 6 nitrogen and oxygen atoms in total. The Morgan fingerprint density at radius 1 is 1.26 bits per heavy atom. The summed E-state index contributed by atoms with van der Waals surface area (Å²) in [6.07, 6.45) is 4.89. The van der Waals surface area contributed by atoms with E-state index in [0.29, 0.717) is 43.2 Å². The van der Waals surface area contributed by atoms with E-state index in [2.05, 4.69) is 4.98 Å². The summed E-state index contributed by atoms with van der Waals surface area (Å²) >= 11 is 0. The third-order valence-electron chi connectivity index (χ3n) is 4.53. The van der Waals surface area contributed by atoms with Gasteiger partial charge >= 0.3 is 6.09 Å². The van der Waals surface area contributed by atoms with E-state index in [-0.39, 0.29) is 12.4 Å². The molecule has 0 aliphatic carbocycles. The number of anilines is 1. The van der Waals surface area contributed by atoms with E-state index in [1.54, 1.807) is 36.7 Å². The molecule has 0 spiro atoms. The highest BCUT2D eigenvalue weighted by Gasteiger charge is 2.33. The van der Waals surface area contributed by atoms with Gasteiger partial charge in [0.2, 0.25) is 0 Å². The third-order valence-corrected chi connectivity index (χ3v) is 4.53. The number of pyridine rings is 1. The standard InChI is InChI=1S/C20H19FN2O4/c21-19-11-15(1-2-18(19)14-5-9-25-10-6-14)23-12-17(27-20(23)24)13-26-16-3-7-22-8-4-16/h1-5,7-8,11,17H,6,9-10,12-13H2/t17-/m1/s1. The Labute approximate surface area is 156 Å². The van der Waals surface area contributed by atoms with Gasteiger partial charge in [-0.1, -0.05) is 6.08 Å². The molecule has 0 unspecified atom stereocenters. The molecule has 140 valence electrons. The molecule has 1 saturated heterocycles. The fraction of sp³-hybridized carbons (Fsp3) is 0.300. The molecule has 2 aliphatic heterocycles. The molecule has 0 saturated carbocycles. The zero-order valence-corrected chi connectivity index (χ0v) is 14.6. The minimum absolute atomic E-state index is 0.222. The summed E-state index contributed by atoms with van der Waals surface area (Å²) < 4.78 is 30.8. The number of cyclic esters (lactones) is 1. The summed E-state index contributed by atoms with van der Waals surface area (Å²) in [5, 5.41) is 0. The summed E-state index contributed by atoms with van der Waals surface area (Å²) in [5.41, 5.74) is 1.95.